The van der Waals surface area contributed by atoms with Crippen LogP contribution in [0.1, 0.15) is 98.6 Å². The number of carbonyl (C=O) groups is 4. The van der Waals surface area contributed by atoms with E-state index in [1.54, 1.807) is 4.90 Å². The molecule has 2 fully saturated rings. The number of rotatable bonds is 10. The minimum atomic E-state index is -0.913. The minimum absolute atomic E-state index is 0.132. The topological polar surface area (TPSA) is 175 Å². The quantitative estimate of drug-likeness (QED) is 0.0987. The fourth-order valence-electron chi connectivity index (χ4n) is 9.85. The van der Waals surface area contributed by atoms with Crippen LogP contribution in [-0.4, -0.2) is 87.1 Å². The number of alkyl carbamates (subject to hydrolysis) is 2. The van der Waals surface area contributed by atoms with Gasteiger partial charge in [0.25, 0.3) is 5.91 Å². The number of aromatic nitrogens is 4. The molecule has 4 heterocycles. The monoisotopic (exact) mass is 912 g/mol. The number of fused-ring (bicyclic) bond motifs is 3. The van der Waals surface area contributed by atoms with Crippen LogP contribution in [0.2, 0.25) is 0 Å². The van der Waals surface area contributed by atoms with Crippen molar-refractivity contribution in [3.05, 3.63) is 149 Å². The van der Waals surface area contributed by atoms with E-state index in [-0.39, 0.29) is 35.7 Å². The van der Waals surface area contributed by atoms with Crippen LogP contribution in [-0.2, 0) is 24.5 Å². The summed E-state index contributed by atoms with van der Waals surface area (Å²) in [4.78, 5) is 73.3. The number of H-pyrrole nitrogens is 2. The van der Waals surface area contributed by atoms with Crippen molar-refractivity contribution in [3.8, 4) is 11.8 Å². The van der Waals surface area contributed by atoms with Crippen LogP contribution in [0.5, 0.6) is 0 Å². The summed E-state index contributed by atoms with van der Waals surface area (Å²) in [6.45, 7) is 7.13. The van der Waals surface area contributed by atoms with Crippen molar-refractivity contribution in [2.24, 2.45) is 11.8 Å². The van der Waals surface area contributed by atoms with Crippen molar-refractivity contribution >= 4 is 51.4 Å². The summed E-state index contributed by atoms with van der Waals surface area (Å²) < 4.78 is 9.71. The number of imidazole rings is 2. The molecule has 4 aromatic carbocycles. The number of benzene rings is 4. The average Bonchev–Trinajstić information content (AvgIpc) is 4.21. The molecule has 3 aliphatic rings. The molecule has 348 valence electrons. The lowest BCUT2D eigenvalue weighted by atomic mass is 9.68. The number of ether oxygens (including phenoxy) is 2. The summed E-state index contributed by atoms with van der Waals surface area (Å²) in [6.07, 6.45) is 10.1. The molecule has 6 aromatic rings. The molecule has 14 nitrogen and oxygen atoms in total. The molecule has 6 atom stereocenters. The van der Waals surface area contributed by atoms with Gasteiger partial charge in [-0.2, -0.15) is 0 Å². The van der Waals surface area contributed by atoms with Gasteiger partial charge in [-0.1, -0.05) is 124 Å². The van der Waals surface area contributed by atoms with Gasteiger partial charge < -0.3 is 39.9 Å². The summed E-state index contributed by atoms with van der Waals surface area (Å²) in [5.41, 5.74) is 5.60. The molecular formula is C54H56N8O6. The van der Waals surface area contributed by atoms with Gasteiger partial charge in [0.15, 0.2) is 0 Å². The lowest BCUT2D eigenvalue weighted by Crippen LogP contribution is -2.51. The first kappa shape index (κ1) is 45.5. The van der Waals surface area contributed by atoms with E-state index in [4.69, 9.17) is 19.4 Å². The number of carbonyl (C=O) groups excluding carboxylic acids is 4. The number of methoxy groups -OCH3 is 2. The predicted octanol–water partition coefficient (Wildman–Crippen LogP) is 8.82. The number of hydrogen-bond acceptors (Lipinski definition) is 8. The number of nitrogens with zero attached hydrogens (tertiary/aromatic N) is 4. The molecule has 2 unspecified atom stereocenters. The molecule has 68 heavy (non-hydrogen) atoms. The molecule has 0 bridgehead atoms. The lowest BCUT2D eigenvalue weighted by Gasteiger charge is -2.34. The van der Waals surface area contributed by atoms with Crippen LogP contribution in [0.15, 0.2) is 115 Å². The zero-order valence-electron chi connectivity index (χ0n) is 38.9. The molecule has 4 N–H and O–H groups in total. The Balaban J connectivity index is 1.000. The third kappa shape index (κ3) is 8.96. The maximum Gasteiger partial charge on any atom is 0.407 e. The predicted molar refractivity (Wildman–Crippen MR) is 260 cm³/mol. The van der Waals surface area contributed by atoms with Crippen molar-refractivity contribution in [2.75, 3.05) is 27.3 Å². The van der Waals surface area contributed by atoms with Crippen LogP contribution in [0, 0.1) is 23.7 Å². The summed E-state index contributed by atoms with van der Waals surface area (Å²) in [7, 11) is 2.58. The van der Waals surface area contributed by atoms with Gasteiger partial charge in [-0.15, -0.1) is 0 Å². The van der Waals surface area contributed by atoms with Crippen LogP contribution in [0.3, 0.4) is 0 Å². The number of aromatic amines is 2. The Morgan fingerprint density at radius 2 is 1.49 bits per heavy atom. The highest BCUT2D eigenvalue weighted by Gasteiger charge is 2.40. The number of amides is 4. The van der Waals surface area contributed by atoms with Crippen LogP contribution in [0.4, 0.5) is 9.59 Å². The molecule has 14 heteroatoms. The fraction of sp³-hybridized carbons (Fsp3) is 0.333. The minimum Gasteiger partial charge on any atom is -0.453 e. The van der Waals surface area contributed by atoms with Crippen LogP contribution >= 0.6 is 0 Å². The van der Waals surface area contributed by atoms with Gasteiger partial charge in [-0.3, -0.25) is 9.59 Å². The van der Waals surface area contributed by atoms with Gasteiger partial charge in [0.05, 0.1) is 55.1 Å². The third-order valence-electron chi connectivity index (χ3n) is 13.7. The van der Waals surface area contributed by atoms with E-state index in [0.29, 0.717) is 24.5 Å². The van der Waals surface area contributed by atoms with Crippen molar-refractivity contribution in [1.29, 1.82) is 0 Å². The Hall–Kier alpha value is -7.66. The highest BCUT2D eigenvalue weighted by atomic mass is 16.5. The van der Waals surface area contributed by atoms with Gasteiger partial charge in [-0.05, 0) is 71.9 Å². The first-order valence-corrected chi connectivity index (χ1v) is 23.3. The summed E-state index contributed by atoms with van der Waals surface area (Å²) >= 11 is 0. The average molecular weight is 913 g/mol. The zero-order valence-corrected chi connectivity index (χ0v) is 38.9. The maximum absolute atomic E-state index is 14.2. The Bertz CT molecular complexity index is 2980. The highest BCUT2D eigenvalue weighted by Crippen LogP contribution is 2.43. The summed E-state index contributed by atoms with van der Waals surface area (Å²) in [5.74, 6) is 7.71. The van der Waals surface area contributed by atoms with E-state index >= 15 is 0 Å². The number of allylic oxidation sites excluding steroid dienone is 4. The first-order chi connectivity index (χ1) is 32.9. The number of hydrogen-bond donors (Lipinski definition) is 4. The molecule has 0 radical (unpaired) electrons. The van der Waals surface area contributed by atoms with Gasteiger partial charge in [-0.25, -0.2) is 19.6 Å². The van der Waals surface area contributed by atoms with E-state index in [1.807, 2.05) is 91.7 Å². The largest absolute Gasteiger partial charge is 0.453 e. The molecule has 2 saturated heterocycles. The fourth-order valence-corrected chi connectivity index (χ4v) is 9.85. The molecule has 2 aromatic heterocycles. The van der Waals surface area contributed by atoms with E-state index in [2.05, 4.69) is 81.9 Å². The molecular weight excluding hydrogens is 857 g/mol. The second kappa shape index (κ2) is 19.3. The van der Waals surface area contributed by atoms with Crippen molar-refractivity contribution in [2.45, 2.75) is 76.0 Å². The third-order valence-corrected chi connectivity index (χ3v) is 13.7. The molecule has 0 spiro atoms. The van der Waals surface area contributed by atoms with E-state index in [0.717, 1.165) is 75.7 Å². The molecule has 4 amide bonds. The SMILES string of the molecule is COC(=O)N[C@H](C(=O)N1CCC[C@H]1c1nc2c(ccc3cc(C4(C)C=CC(c5cnc([C@@H]6CCCN6C(=O)[C@H](NC(=O)OC)c6ccccc6)[nH]5)=CC4C#Cc4ccccc4)ccc32)[nH]1)C(C)C. The number of nitrogens with one attached hydrogen (secondary N) is 4. The summed E-state index contributed by atoms with van der Waals surface area (Å²) in [6, 6.07) is 27.6. The molecule has 0 saturated carbocycles. The molecule has 9 rings (SSSR count). The highest BCUT2D eigenvalue weighted by molar-refractivity contribution is 6.04. The molecule has 2 aliphatic heterocycles. The van der Waals surface area contributed by atoms with Crippen molar-refractivity contribution in [3.63, 3.8) is 0 Å². The summed E-state index contributed by atoms with van der Waals surface area (Å²) in [5, 5.41) is 7.49. The Kier molecular flexibility index (Phi) is 12.9. The van der Waals surface area contributed by atoms with Gasteiger partial charge in [0, 0.05) is 29.5 Å². The second-order valence-electron chi connectivity index (χ2n) is 18.3. The normalized spacial score (nSPS) is 21.0. The Labute approximate surface area is 395 Å². The van der Waals surface area contributed by atoms with Crippen LogP contribution < -0.4 is 10.6 Å². The standard InChI is InChI=1S/C54H56N8O6/c1-33(2)45(59-52(65)67-4)50(63)62-29-13-19-44(62)49-56-41-25-21-36-30-39(23-24-40(36)47(41)58-49)54(3)27-26-37(31-38(54)22-20-34-14-8-6-9-15-34)42-32-55-48(57-42)43-18-12-28-61(43)51(64)46(60-53(66)68-5)35-16-10-7-11-17-35/h6-11,14-17,21,23-27,30-33,38,43-46H,12-13,18-19,28-29H2,1-5H3,(H,55,57)(H,56,58)(H,59,65)(H,60,66)/t38?,43-,44-,45-,46+,54?/m0/s1. The van der Waals surface area contributed by atoms with E-state index in [9.17, 15) is 19.2 Å². The Morgan fingerprint density at radius 1 is 0.809 bits per heavy atom. The van der Waals surface area contributed by atoms with Gasteiger partial charge in [0.1, 0.15) is 23.7 Å². The van der Waals surface area contributed by atoms with E-state index < -0.39 is 29.7 Å². The van der Waals surface area contributed by atoms with Crippen LogP contribution in [0.25, 0.3) is 27.4 Å². The van der Waals surface area contributed by atoms with Gasteiger partial charge in [0.2, 0.25) is 5.91 Å². The lowest BCUT2D eigenvalue weighted by molar-refractivity contribution is -0.135. The smallest absolute Gasteiger partial charge is 0.407 e. The first-order valence-electron chi connectivity index (χ1n) is 23.3. The molecule has 1 aliphatic carbocycles. The second-order valence-corrected chi connectivity index (χ2v) is 18.3. The number of likely N-dealkylation sites (tertiary alicyclic amines) is 2. The Morgan fingerprint density at radius 3 is 2.19 bits per heavy atom. The van der Waals surface area contributed by atoms with Gasteiger partial charge >= 0.3 is 12.2 Å². The maximum atomic E-state index is 14.2. The zero-order chi connectivity index (χ0) is 47.5. The van der Waals surface area contributed by atoms with E-state index in [1.165, 1.54) is 14.2 Å². The van der Waals surface area contributed by atoms with Crippen molar-refractivity contribution in [1.82, 2.24) is 40.4 Å². The van der Waals surface area contributed by atoms with Crippen molar-refractivity contribution < 1.29 is 28.7 Å².